The maximum absolute atomic E-state index is 8.76. The Kier molecular flexibility index (Phi) is 3.84. The highest BCUT2D eigenvalue weighted by Gasteiger charge is 2.05. The third kappa shape index (κ3) is 3.13. The molecule has 5 heteroatoms. The minimum Gasteiger partial charge on any atom is -0.489 e. The number of nitriles is 1. The topological polar surface area (TPSA) is 71.9 Å². The Hall–Kier alpha value is -3.13. The van der Waals surface area contributed by atoms with Crippen molar-refractivity contribution in [1.29, 1.82) is 5.26 Å². The number of benzene rings is 2. The number of nitrogens with zero attached hydrogens (tertiary/aromatic N) is 3. The Morgan fingerprint density at radius 1 is 1.09 bits per heavy atom. The van der Waals surface area contributed by atoms with E-state index in [0.717, 1.165) is 16.9 Å². The lowest BCUT2D eigenvalue weighted by atomic mass is 10.1. The van der Waals surface area contributed by atoms with Gasteiger partial charge in [-0.05, 0) is 42.0 Å². The van der Waals surface area contributed by atoms with Crippen LogP contribution >= 0.6 is 0 Å². The Labute approximate surface area is 127 Å². The summed E-state index contributed by atoms with van der Waals surface area (Å²) in [6.45, 7) is 2.21. The van der Waals surface area contributed by atoms with Crippen LogP contribution in [0.1, 0.15) is 17.0 Å². The van der Waals surface area contributed by atoms with E-state index in [1.54, 1.807) is 19.1 Å². The second-order valence-electron chi connectivity index (χ2n) is 4.76. The summed E-state index contributed by atoms with van der Waals surface area (Å²) in [5.74, 6) is 1.86. The SMILES string of the molecule is Cc1nc(-c2ccc(OCc3ccc(C#N)cc3)cc2)no1. The number of rotatable bonds is 4. The highest BCUT2D eigenvalue weighted by Crippen LogP contribution is 2.20. The van der Waals surface area contributed by atoms with Gasteiger partial charge in [-0.15, -0.1) is 0 Å². The molecule has 1 heterocycles. The van der Waals surface area contributed by atoms with Gasteiger partial charge in [0.2, 0.25) is 11.7 Å². The highest BCUT2D eigenvalue weighted by molar-refractivity contribution is 5.55. The summed E-state index contributed by atoms with van der Waals surface area (Å²) in [4.78, 5) is 4.18. The maximum atomic E-state index is 8.76. The molecule has 22 heavy (non-hydrogen) atoms. The molecule has 2 aromatic carbocycles. The summed E-state index contributed by atoms with van der Waals surface area (Å²) in [5, 5.41) is 12.6. The summed E-state index contributed by atoms with van der Waals surface area (Å²) in [6.07, 6.45) is 0. The molecule has 108 valence electrons. The van der Waals surface area contributed by atoms with Crippen molar-refractivity contribution < 1.29 is 9.26 Å². The van der Waals surface area contributed by atoms with Gasteiger partial charge in [0.1, 0.15) is 12.4 Å². The molecule has 0 N–H and O–H groups in total. The van der Waals surface area contributed by atoms with Gasteiger partial charge >= 0.3 is 0 Å². The first-order valence-corrected chi connectivity index (χ1v) is 6.77. The van der Waals surface area contributed by atoms with E-state index in [4.69, 9.17) is 14.5 Å². The second-order valence-corrected chi connectivity index (χ2v) is 4.76. The molecule has 0 unspecified atom stereocenters. The smallest absolute Gasteiger partial charge is 0.223 e. The molecule has 0 spiro atoms. The molecule has 0 bridgehead atoms. The van der Waals surface area contributed by atoms with E-state index in [-0.39, 0.29) is 0 Å². The van der Waals surface area contributed by atoms with Crippen LogP contribution in [-0.2, 0) is 6.61 Å². The van der Waals surface area contributed by atoms with E-state index in [1.807, 2.05) is 36.4 Å². The van der Waals surface area contributed by atoms with Crippen LogP contribution in [-0.4, -0.2) is 10.1 Å². The van der Waals surface area contributed by atoms with E-state index in [1.165, 1.54) is 0 Å². The molecule has 1 aromatic heterocycles. The minimum absolute atomic E-state index is 0.451. The van der Waals surface area contributed by atoms with E-state index >= 15 is 0 Å². The molecule has 5 nitrogen and oxygen atoms in total. The van der Waals surface area contributed by atoms with Crippen molar-refractivity contribution in [2.75, 3.05) is 0 Å². The first-order valence-electron chi connectivity index (χ1n) is 6.77. The minimum atomic E-state index is 0.451. The molecule has 3 aromatic rings. The van der Waals surface area contributed by atoms with Crippen molar-refractivity contribution in [2.45, 2.75) is 13.5 Å². The Balaban J connectivity index is 1.64. The van der Waals surface area contributed by atoms with E-state index in [9.17, 15) is 0 Å². The molecular weight excluding hydrogens is 278 g/mol. The van der Waals surface area contributed by atoms with Crippen molar-refractivity contribution >= 4 is 0 Å². The Morgan fingerprint density at radius 2 is 1.82 bits per heavy atom. The fourth-order valence-corrected chi connectivity index (χ4v) is 1.96. The first kappa shape index (κ1) is 13.8. The van der Waals surface area contributed by atoms with Crippen LogP contribution in [0, 0.1) is 18.3 Å². The summed E-state index contributed by atoms with van der Waals surface area (Å²) in [7, 11) is 0. The van der Waals surface area contributed by atoms with Gasteiger partial charge in [-0.25, -0.2) is 0 Å². The zero-order valence-electron chi connectivity index (χ0n) is 12.0. The molecular formula is C17H13N3O2. The van der Waals surface area contributed by atoms with Gasteiger partial charge in [-0.3, -0.25) is 0 Å². The predicted octanol–water partition coefficient (Wildman–Crippen LogP) is 3.50. The van der Waals surface area contributed by atoms with Crippen molar-refractivity contribution in [3.63, 3.8) is 0 Å². The number of hydrogen-bond donors (Lipinski definition) is 0. The van der Waals surface area contributed by atoms with Crippen molar-refractivity contribution in [3.8, 4) is 23.2 Å². The molecule has 3 rings (SSSR count). The highest BCUT2D eigenvalue weighted by atomic mass is 16.5. The Bertz CT molecular complexity index is 799. The third-order valence-corrected chi connectivity index (χ3v) is 3.13. The molecule has 0 radical (unpaired) electrons. The fourth-order valence-electron chi connectivity index (χ4n) is 1.96. The predicted molar refractivity (Wildman–Crippen MR) is 80.0 cm³/mol. The summed E-state index contributed by atoms with van der Waals surface area (Å²) >= 11 is 0. The lowest BCUT2D eigenvalue weighted by molar-refractivity contribution is 0.306. The average Bonchev–Trinajstić information content (AvgIpc) is 3.00. The molecule has 0 saturated heterocycles. The fraction of sp³-hybridized carbons (Fsp3) is 0.118. The third-order valence-electron chi connectivity index (χ3n) is 3.13. The monoisotopic (exact) mass is 291 g/mol. The van der Waals surface area contributed by atoms with Gasteiger partial charge in [-0.2, -0.15) is 10.2 Å². The van der Waals surface area contributed by atoms with Gasteiger partial charge in [0, 0.05) is 12.5 Å². The maximum Gasteiger partial charge on any atom is 0.223 e. The molecule has 0 aliphatic carbocycles. The van der Waals surface area contributed by atoms with Gasteiger partial charge < -0.3 is 9.26 Å². The summed E-state index contributed by atoms with van der Waals surface area (Å²) < 4.78 is 10.7. The molecule has 0 amide bonds. The zero-order valence-corrected chi connectivity index (χ0v) is 12.0. The van der Waals surface area contributed by atoms with E-state index < -0.39 is 0 Å². The average molecular weight is 291 g/mol. The van der Waals surface area contributed by atoms with Gasteiger partial charge in [0.25, 0.3) is 0 Å². The van der Waals surface area contributed by atoms with E-state index in [2.05, 4.69) is 16.2 Å². The number of ether oxygens (including phenoxy) is 1. The zero-order chi connectivity index (χ0) is 15.4. The van der Waals surface area contributed by atoms with Crippen LogP contribution in [0.25, 0.3) is 11.4 Å². The van der Waals surface area contributed by atoms with Crippen LogP contribution in [0.4, 0.5) is 0 Å². The number of hydrogen-bond acceptors (Lipinski definition) is 5. The standard InChI is InChI=1S/C17H13N3O2/c1-12-19-17(20-22-12)15-6-8-16(9-7-15)21-11-14-4-2-13(10-18)3-5-14/h2-9H,11H2,1H3. The largest absolute Gasteiger partial charge is 0.489 e. The van der Waals surface area contributed by atoms with Crippen LogP contribution in [0.3, 0.4) is 0 Å². The molecule has 0 aliphatic rings. The Morgan fingerprint density at radius 3 is 2.41 bits per heavy atom. The van der Waals surface area contributed by atoms with Crippen LogP contribution in [0.2, 0.25) is 0 Å². The van der Waals surface area contributed by atoms with Gasteiger partial charge in [0.15, 0.2) is 0 Å². The van der Waals surface area contributed by atoms with Crippen LogP contribution < -0.4 is 4.74 Å². The van der Waals surface area contributed by atoms with Crippen LogP contribution in [0.15, 0.2) is 53.1 Å². The second kappa shape index (κ2) is 6.10. The van der Waals surface area contributed by atoms with Crippen LogP contribution in [0.5, 0.6) is 5.75 Å². The van der Waals surface area contributed by atoms with Crippen molar-refractivity contribution in [1.82, 2.24) is 10.1 Å². The quantitative estimate of drug-likeness (QED) is 0.735. The lowest BCUT2D eigenvalue weighted by Crippen LogP contribution is -1.95. The summed E-state index contributed by atoms with van der Waals surface area (Å²) in [5.41, 5.74) is 2.53. The molecule has 0 atom stereocenters. The number of aromatic nitrogens is 2. The number of aryl methyl sites for hydroxylation is 1. The van der Waals surface area contributed by atoms with Crippen molar-refractivity contribution in [2.24, 2.45) is 0 Å². The molecule has 0 fully saturated rings. The lowest BCUT2D eigenvalue weighted by Gasteiger charge is -2.06. The molecule has 0 aliphatic heterocycles. The molecule has 0 saturated carbocycles. The van der Waals surface area contributed by atoms with Gasteiger partial charge in [-0.1, -0.05) is 17.3 Å². The first-order chi connectivity index (χ1) is 10.7. The summed E-state index contributed by atoms with van der Waals surface area (Å²) in [6, 6.07) is 16.9. The van der Waals surface area contributed by atoms with E-state index in [0.29, 0.717) is 23.9 Å². The van der Waals surface area contributed by atoms with Crippen molar-refractivity contribution in [3.05, 3.63) is 65.5 Å². The normalized spacial score (nSPS) is 10.2. The van der Waals surface area contributed by atoms with Gasteiger partial charge in [0.05, 0.1) is 11.6 Å².